The smallest absolute Gasteiger partial charge is 0.252 e. The molecule has 0 atom stereocenters. The van der Waals surface area contributed by atoms with Gasteiger partial charge in [0.05, 0.1) is 12.1 Å². The zero-order chi connectivity index (χ0) is 20.1. The lowest BCUT2D eigenvalue weighted by Gasteiger charge is -2.31. The molecule has 2 heterocycles. The van der Waals surface area contributed by atoms with Crippen LogP contribution in [0.1, 0.15) is 29.0 Å². The molecule has 0 radical (unpaired) electrons. The van der Waals surface area contributed by atoms with E-state index in [0.717, 1.165) is 3.57 Å². The van der Waals surface area contributed by atoms with Crippen molar-refractivity contribution in [2.45, 2.75) is 19.8 Å². The number of halogens is 1. The quantitative estimate of drug-likeness (QED) is 0.618. The number of piperidine rings is 1. The Hall–Kier alpha value is -2.43. The van der Waals surface area contributed by atoms with E-state index in [2.05, 4.69) is 38.4 Å². The third-order valence-electron chi connectivity index (χ3n) is 4.62. The molecule has 1 aromatic heterocycles. The highest BCUT2D eigenvalue weighted by Crippen LogP contribution is 2.19. The van der Waals surface area contributed by atoms with E-state index in [9.17, 15) is 14.4 Å². The maximum atomic E-state index is 12.4. The summed E-state index contributed by atoms with van der Waals surface area (Å²) in [6.07, 6.45) is 1.14. The highest BCUT2D eigenvalue weighted by Gasteiger charge is 2.28. The van der Waals surface area contributed by atoms with Gasteiger partial charge >= 0.3 is 0 Å². The average molecular weight is 496 g/mol. The Balaban J connectivity index is 1.44. The first kappa shape index (κ1) is 20.3. The van der Waals surface area contributed by atoms with Gasteiger partial charge in [0.2, 0.25) is 11.8 Å². The highest BCUT2D eigenvalue weighted by atomic mass is 127. The SMILES string of the molecule is Cc1cc(NC(=O)C2CCN(C(=O)CNC(=O)c3ccccc3I)CC2)no1. The molecule has 3 amide bonds. The maximum absolute atomic E-state index is 12.4. The van der Waals surface area contributed by atoms with Gasteiger partial charge in [-0.2, -0.15) is 0 Å². The largest absolute Gasteiger partial charge is 0.360 e. The zero-order valence-corrected chi connectivity index (χ0v) is 17.6. The van der Waals surface area contributed by atoms with Crippen LogP contribution in [0.2, 0.25) is 0 Å². The molecule has 1 fully saturated rings. The summed E-state index contributed by atoms with van der Waals surface area (Å²) in [4.78, 5) is 38.6. The number of aromatic nitrogens is 1. The molecule has 1 aromatic carbocycles. The molecule has 1 aliphatic heterocycles. The lowest BCUT2D eigenvalue weighted by atomic mass is 9.96. The second kappa shape index (κ2) is 9.18. The topological polar surface area (TPSA) is 105 Å². The molecule has 0 saturated carbocycles. The third-order valence-corrected chi connectivity index (χ3v) is 5.56. The summed E-state index contributed by atoms with van der Waals surface area (Å²) in [5.74, 6) is 0.317. The highest BCUT2D eigenvalue weighted by molar-refractivity contribution is 14.1. The first-order valence-corrected chi connectivity index (χ1v) is 10.1. The molecule has 0 unspecified atom stereocenters. The van der Waals surface area contributed by atoms with E-state index in [1.165, 1.54) is 0 Å². The summed E-state index contributed by atoms with van der Waals surface area (Å²) in [6, 6.07) is 8.87. The van der Waals surface area contributed by atoms with Crippen LogP contribution in [0, 0.1) is 16.4 Å². The molecule has 28 heavy (non-hydrogen) atoms. The number of aryl methyl sites for hydroxylation is 1. The van der Waals surface area contributed by atoms with Crippen molar-refractivity contribution in [1.29, 1.82) is 0 Å². The molecule has 0 spiro atoms. The van der Waals surface area contributed by atoms with E-state index in [1.807, 2.05) is 12.1 Å². The monoisotopic (exact) mass is 496 g/mol. The zero-order valence-electron chi connectivity index (χ0n) is 15.4. The van der Waals surface area contributed by atoms with Crippen LogP contribution < -0.4 is 10.6 Å². The maximum Gasteiger partial charge on any atom is 0.252 e. The molecule has 0 bridgehead atoms. The molecule has 2 N–H and O–H groups in total. The fourth-order valence-electron chi connectivity index (χ4n) is 3.05. The summed E-state index contributed by atoms with van der Waals surface area (Å²) in [7, 11) is 0. The van der Waals surface area contributed by atoms with Gasteiger partial charge in [-0.15, -0.1) is 0 Å². The van der Waals surface area contributed by atoms with Crippen molar-refractivity contribution in [3.63, 3.8) is 0 Å². The molecular formula is C19H21IN4O4. The minimum Gasteiger partial charge on any atom is -0.360 e. The first-order valence-electron chi connectivity index (χ1n) is 8.98. The molecule has 1 aliphatic rings. The van der Waals surface area contributed by atoms with Gasteiger partial charge in [0.15, 0.2) is 5.82 Å². The second-order valence-corrected chi connectivity index (χ2v) is 7.79. The van der Waals surface area contributed by atoms with Crippen LogP contribution in [0.25, 0.3) is 0 Å². The summed E-state index contributed by atoms with van der Waals surface area (Å²) >= 11 is 2.09. The number of carbonyl (C=O) groups is 3. The van der Waals surface area contributed by atoms with Gasteiger partial charge in [-0.05, 0) is 54.5 Å². The normalized spacial score (nSPS) is 14.6. The molecular weight excluding hydrogens is 475 g/mol. The Morgan fingerprint density at radius 3 is 2.61 bits per heavy atom. The molecule has 148 valence electrons. The predicted molar refractivity (Wildman–Crippen MR) is 111 cm³/mol. The van der Waals surface area contributed by atoms with E-state index in [4.69, 9.17) is 4.52 Å². The predicted octanol–water partition coefficient (Wildman–Crippen LogP) is 2.19. The Morgan fingerprint density at radius 2 is 1.96 bits per heavy atom. The number of nitrogens with zero attached hydrogens (tertiary/aromatic N) is 2. The van der Waals surface area contributed by atoms with Gasteiger partial charge in [0, 0.05) is 28.6 Å². The lowest BCUT2D eigenvalue weighted by molar-refractivity contribution is -0.133. The van der Waals surface area contributed by atoms with E-state index in [1.54, 1.807) is 30.0 Å². The van der Waals surface area contributed by atoms with Crippen molar-refractivity contribution in [3.05, 3.63) is 45.2 Å². The Labute approximate surface area is 176 Å². The van der Waals surface area contributed by atoms with Gasteiger partial charge in [-0.1, -0.05) is 17.3 Å². The van der Waals surface area contributed by atoms with Crippen LogP contribution in [0.3, 0.4) is 0 Å². The van der Waals surface area contributed by atoms with E-state index < -0.39 is 0 Å². The number of amides is 3. The molecule has 3 rings (SSSR count). The number of rotatable bonds is 5. The molecule has 2 aromatic rings. The number of anilines is 1. The first-order chi connectivity index (χ1) is 13.4. The van der Waals surface area contributed by atoms with Gasteiger partial charge in [-0.25, -0.2) is 0 Å². The van der Waals surface area contributed by atoms with Gasteiger partial charge in [0.25, 0.3) is 5.91 Å². The molecule has 1 saturated heterocycles. The van der Waals surface area contributed by atoms with Crippen molar-refractivity contribution in [1.82, 2.24) is 15.4 Å². The van der Waals surface area contributed by atoms with Crippen molar-refractivity contribution >= 4 is 46.1 Å². The third kappa shape index (κ3) is 5.09. The van der Waals surface area contributed by atoms with Crippen molar-refractivity contribution in [2.24, 2.45) is 5.92 Å². The fraction of sp³-hybridized carbons (Fsp3) is 0.368. The Morgan fingerprint density at radius 1 is 1.25 bits per heavy atom. The Kier molecular flexibility index (Phi) is 6.65. The van der Waals surface area contributed by atoms with Crippen LogP contribution in [0.5, 0.6) is 0 Å². The lowest BCUT2D eigenvalue weighted by Crippen LogP contribution is -2.45. The van der Waals surface area contributed by atoms with Gasteiger partial charge in [-0.3, -0.25) is 14.4 Å². The van der Waals surface area contributed by atoms with Crippen LogP contribution >= 0.6 is 22.6 Å². The number of likely N-dealkylation sites (tertiary alicyclic amines) is 1. The fourth-order valence-corrected chi connectivity index (χ4v) is 3.69. The minimum absolute atomic E-state index is 0.0567. The van der Waals surface area contributed by atoms with E-state index in [0.29, 0.717) is 43.1 Å². The number of hydrogen-bond acceptors (Lipinski definition) is 5. The van der Waals surface area contributed by atoms with Gasteiger partial charge in [0.1, 0.15) is 5.76 Å². The van der Waals surface area contributed by atoms with Crippen LogP contribution in [0.4, 0.5) is 5.82 Å². The summed E-state index contributed by atoms with van der Waals surface area (Å²) in [5.41, 5.74) is 0.550. The molecule has 9 heteroatoms. The van der Waals surface area contributed by atoms with Crippen LogP contribution in [-0.2, 0) is 9.59 Å². The standard InChI is InChI=1S/C19H21IN4O4/c1-12-10-16(23-28-12)22-18(26)13-6-8-24(9-7-13)17(25)11-21-19(27)14-4-2-3-5-15(14)20/h2-5,10,13H,6-9,11H2,1H3,(H,21,27)(H,22,23,26). The number of carbonyl (C=O) groups excluding carboxylic acids is 3. The molecule has 8 nitrogen and oxygen atoms in total. The van der Waals surface area contributed by atoms with Crippen molar-refractivity contribution in [3.8, 4) is 0 Å². The van der Waals surface area contributed by atoms with Crippen molar-refractivity contribution in [2.75, 3.05) is 25.0 Å². The second-order valence-electron chi connectivity index (χ2n) is 6.63. The number of nitrogens with one attached hydrogen (secondary N) is 2. The van der Waals surface area contributed by atoms with E-state index >= 15 is 0 Å². The van der Waals surface area contributed by atoms with E-state index in [-0.39, 0.29) is 30.2 Å². The van der Waals surface area contributed by atoms with Crippen LogP contribution in [0.15, 0.2) is 34.9 Å². The van der Waals surface area contributed by atoms with Gasteiger partial charge < -0.3 is 20.1 Å². The molecule has 0 aliphatic carbocycles. The number of benzene rings is 1. The average Bonchev–Trinajstić information content (AvgIpc) is 3.11. The number of hydrogen-bond donors (Lipinski definition) is 2. The van der Waals surface area contributed by atoms with Crippen LogP contribution in [-0.4, -0.2) is 47.4 Å². The minimum atomic E-state index is -0.268. The van der Waals surface area contributed by atoms with Crippen molar-refractivity contribution < 1.29 is 18.9 Å². The summed E-state index contributed by atoms with van der Waals surface area (Å²) in [6.45, 7) is 2.66. The summed E-state index contributed by atoms with van der Waals surface area (Å²) < 4.78 is 5.77. The summed E-state index contributed by atoms with van der Waals surface area (Å²) in [5, 5.41) is 9.16. The Bertz CT molecular complexity index is 874.